The van der Waals surface area contributed by atoms with E-state index in [0.29, 0.717) is 41.9 Å². The van der Waals surface area contributed by atoms with Gasteiger partial charge in [0.1, 0.15) is 5.76 Å². The molecule has 9 nitrogen and oxygen atoms in total. The van der Waals surface area contributed by atoms with E-state index in [-0.39, 0.29) is 22.7 Å². The number of nitro groups is 1. The lowest BCUT2D eigenvalue weighted by Gasteiger charge is -2.13. The molecule has 2 N–H and O–H groups in total. The van der Waals surface area contributed by atoms with E-state index >= 15 is 0 Å². The predicted octanol–water partition coefficient (Wildman–Crippen LogP) is 5.24. The number of anilines is 1. The van der Waals surface area contributed by atoms with Gasteiger partial charge in [0.25, 0.3) is 17.5 Å². The molecule has 36 heavy (non-hydrogen) atoms. The number of benzene rings is 2. The third kappa shape index (κ3) is 5.11. The van der Waals surface area contributed by atoms with E-state index in [2.05, 4.69) is 15.8 Å². The second-order valence-electron chi connectivity index (χ2n) is 8.04. The molecule has 1 aliphatic carbocycles. The molecule has 0 fully saturated rings. The number of hydrogen-bond donors (Lipinski definition) is 2. The zero-order chi connectivity index (χ0) is 26.0. The lowest BCUT2D eigenvalue weighted by atomic mass is 9.93. The zero-order valence-corrected chi connectivity index (χ0v) is 18.8. The smallest absolute Gasteiger partial charge is 0.416 e. The van der Waals surface area contributed by atoms with E-state index in [1.807, 2.05) is 0 Å². The number of nitrogens with one attached hydrogen (secondary N) is 2. The van der Waals surface area contributed by atoms with Crippen molar-refractivity contribution < 1.29 is 32.1 Å². The van der Waals surface area contributed by atoms with Gasteiger partial charge in [-0.25, -0.2) is 5.43 Å². The van der Waals surface area contributed by atoms with Crippen molar-refractivity contribution in [2.24, 2.45) is 5.10 Å². The fourth-order valence-corrected chi connectivity index (χ4v) is 3.88. The van der Waals surface area contributed by atoms with E-state index in [1.165, 1.54) is 36.4 Å². The molecule has 4 rings (SSSR count). The van der Waals surface area contributed by atoms with Gasteiger partial charge in [-0.2, -0.15) is 18.3 Å². The summed E-state index contributed by atoms with van der Waals surface area (Å²) < 4.78 is 44.7. The fraction of sp³-hybridized carbons (Fsp3) is 0.208. The maximum Gasteiger partial charge on any atom is 0.416 e. The number of non-ortho nitro benzene ring substituents is 1. The lowest BCUT2D eigenvalue weighted by molar-refractivity contribution is -0.384. The first-order valence-corrected chi connectivity index (χ1v) is 10.8. The Balaban J connectivity index is 1.53. The Kier molecular flexibility index (Phi) is 6.60. The lowest BCUT2D eigenvalue weighted by Crippen LogP contribution is -2.22. The summed E-state index contributed by atoms with van der Waals surface area (Å²) in [6.07, 6.45) is -2.91. The number of alkyl halides is 3. The van der Waals surface area contributed by atoms with Crippen molar-refractivity contribution in [1.29, 1.82) is 0 Å². The fourth-order valence-electron chi connectivity index (χ4n) is 3.88. The van der Waals surface area contributed by atoms with Crippen molar-refractivity contribution >= 4 is 28.9 Å². The Bertz CT molecular complexity index is 1380. The molecular formula is C24H19F3N4O5. The highest BCUT2D eigenvalue weighted by atomic mass is 19.4. The minimum atomic E-state index is -4.55. The van der Waals surface area contributed by atoms with E-state index in [0.717, 1.165) is 12.1 Å². The first kappa shape index (κ1) is 24.6. The van der Waals surface area contributed by atoms with Crippen molar-refractivity contribution in [3.05, 3.63) is 92.4 Å². The van der Waals surface area contributed by atoms with Crippen LogP contribution in [0.25, 0.3) is 0 Å². The molecule has 0 saturated heterocycles. The van der Waals surface area contributed by atoms with E-state index in [9.17, 15) is 32.9 Å². The second-order valence-corrected chi connectivity index (χ2v) is 8.04. The average Bonchev–Trinajstić information content (AvgIpc) is 3.19. The van der Waals surface area contributed by atoms with Gasteiger partial charge in [0.2, 0.25) is 0 Å². The molecule has 0 spiro atoms. The Morgan fingerprint density at radius 1 is 1.08 bits per heavy atom. The van der Waals surface area contributed by atoms with Crippen LogP contribution in [0.5, 0.6) is 0 Å². The number of rotatable bonds is 5. The summed E-state index contributed by atoms with van der Waals surface area (Å²) in [4.78, 5) is 35.4. The van der Waals surface area contributed by atoms with Crippen LogP contribution in [0.2, 0.25) is 0 Å². The van der Waals surface area contributed by atoms with Crippen molar-refractivity contribution in [2.75, 3.05) is 5.32 Å². The molecule has 1 aromatic heterocycles. The molecule has 3 aromatic rings. The van der Waals surface area contributed by atoms with Gasteiger partial charge in [0, 0.05) is 40.9 Å². The van der Waals surface area contributed by atoms with Crippen molar-refractivity contribution in [3.63, 3.8) is 0 Å². The van der Waals surface area contributed by atoms with E-state index in [4.69, 9.17) is 4.42 Å². The van der Waals surface area contributed by atoms with Gasteiger partial charge >= 0.3 is 6.18 Å². The number of amides is 2. The highest BCUT2D eigenvalue weighted by molar-refractivity contribution is 6.09. The normalized spacial score (nSPS) is 14.3. The maximum absolute atomic E-state index is 13.0. The van der Waals surface area contributed by atoms with Crippen molar-refractivity contribution in [2.45, 2.75) is 32.4 Å². The molecule has 0 aliphatic heterocycles. The number of aryl methyl sites for hydroxylation is 1. The number of hydrazone groups is 1. The molecule has 1 heterocycles. The summed E-state index contributed by atoms with van der Waals surface area (Å²) in [6.45, 7) is 1.63. The van der Waals surface area contributed by atoms with Crippen molar-refractivity contribution in [3.8, 4) is 0 Å². The van der Waals surface area contributed by atoms with Gasteiger partial charge in [-0.05, 0) is 50.1 Å². The van der Waals surface area contributed by atoms with Gasteiger partial charge < -0.3 is 9.73 Å². The minimum Gasteiger partial charge on any atom is -0.455 e. The minimum absolute atomic E-state index is 0.0344. The third-order valence-corrected chi connectivity index (χ3v) is 5.61. The molecule has 2 amide bonds. The Morgan fingerprint density at radius 2 is 1.81 bits per heavy atom. The van der Waals surface area contributed by atoms with Gasteiger partial charge in [-0.15, -0.1) is 0 Å². The molecule has 0 saturated carbocycles. The summed E-state index contributed by atoms with van der Waals surface area (Å²) in [7, 11) is 0. The van der Waals surface area contributed by atoms with Crippen LogP contribution >= 0.6 is 0 Å². The number of furan rings is 1. The second kappa shape index (κ2) is 9.64. The van der Waals surface area contributed by atoms with Crippen LogP contribution < -0.4 is 10.7 Å². The predicted molar refractivity (Wildman–Crippen MR) is 123 cm³/mol. The first-order chi connectivity index (χ1) is 17.0. The summed E-state index contributed by atoms with van der Waals surface area (Å²) in [5, 5.41) is 17.4. The number of carbonyl (C=O) groups excluding carboxylic acids is 2. The first-order valence-electron chi connectivity index (χ1n) is 10.8. The Labute approximate surface area is 202 Å². The molecule has 0 atom stereocenters. The molecule has 12 heteroatoms. The number of halogens is 3. The molecule has 0 bridgehead atoms. The highest BCUT2D eigenvalue weighted by Gasteiger charge is 2.31. The van der Waals surface area contributed by atoms with Crippen LogP contribution in [0.4, 0.5) is 24.5 Å². The number of nitrogens with zero attached hydrogens (tertiary/aromatic N) is 2. The number of nitro benzene ring substituents is 1. The van der Waals surface area contributed by atoms with Gasteiger partial charge in [0.15, 0.2) is 5.76 Å². The monoisotopic (exact) mass is 500 g/mol. The zero-order valence-electron chi connectivity index (χ0n) is 18.8. The average molecular weight is 500 g/mol. The molecule has 186 valence electrons. The van der Waals surface area contributed by atoms with Crippen LogP contribution in [0.1, 0.15) is 56.2 Å². The van der Waals surface area contributed by atoms with Crippen LogP contribution in [0.3, 0.4) is 0 Å². The number of fused-ring (bicyclic) bond motifs is 1. The van der Waals surface area contributed by atoms with Crippen LogP contribution in [-0.4, -0.2) is 22.4 Å². The molecule has 2 aromatic carbocycles. The number of carbonyl (C=O) groups is 2. The largest absolute Gasteiger partial charge is 0.455 e. The highest BCUT2D eigenvalue weighted by Crippen LogP contribution is 2.32. The van der Waals surface area contributed by atoms with Gasteiger partial charge in [-0.3, -0.25) is 19.7 Å². The maximum atomic E-state index is 13.0. The molecule has 1 aliphatic rings. The topological polar surface area (TPSA) is 127 Å². The van der Waals surface area contributed by atoms with Gasteiger partial charge in [0.05, 0.1) is 16.2 Å². The molecule has 0 radical (unpaired) electrons. The van der Waals surface area contributed by atoms with E-state index in [1.54, 1.807) is 6.92 Å². The summed E-state index contributed by atoms with van der Waals surface area (Å²) in [5.74, 6) is -0.867. The standard InChI is InChI=1S/C24H19F3N4O5/c1-13-20-18(29-30-22(32)14-8-10-17(11-9-14)31(34)35)6-3-7-19(20)36-21(13)23(33)28-16-5-2-4-15(12-16)24(25,26)27/h2,4-5,8-12H,3,6-7H2,1H3,(H,28,33)(H,30,32)/b29-18+. The summed E-state index contributed by atoms with van der Waals surface area (Å²) in [5.41, 5.74) is 2.98. The SMILES string of the molecule is Cc1c(C(=O)Nc2cccc(C(F)(F)F)c2)oc2c1/C(=N/NC(=O)c1ccc([N+](=O)[O-])cc1)CCC2. The van der Waals surface area contributed by atoms with Crippen molar-refractivity contribution in [1.82, 2.24) is 5.43 Å². The quantitative estimate of drug-likeness (QED) is 0.366. The Hall–Kier alpha value is -4.48. The Morgan fingerprint density at radius 3 is 2.47 bits per heavy atom. The van der Waals surface area contributed by atoms with E-state index < -0.39 is 28.5 Å². The van der Waals surface area contributed by atoms with Gasteiger partial charge in [-0.1, -0.05) is 6.07 Å². The van der Waals surface area contributed by atoms with Crippen LogP contribution in [-0.2, 0) is 12.6 Å². The van der Waals surface area contributed by atoms with Crippen LogP contribution in [0.15, 0.2) is 58.0 Å². The molecular weight excluding hydrogens is 481 g/mol. The number of hydrogen-bond acceptors (Lipinski definition) is 6. The summed E-state index contributed by atoms with van der Waals surface area (Å²) in [6, 6.07) is 9.28. The molecule has 0 unspecified atom stereocenters. The van der Waals surface area contributed by atoms with Crippen LogP contribution in [0, 0.1) is 17.0 Å². The third-order valence-electron chi connectivity index (χ3n) is 5.61. The summed E-state index contributed by atoms with van der Waals surface area (Å²) >= 11 is 0.